The van der Waals surface area contributed by atoms with Gasteiger partial charge in [0, 0.05) is 44.0 Å². The van der Waals surface area contributed by atoms with Crippen LogP contribution in [0.5, 0.6) is 0 Å². The van der Waals surface area contributed by atoms with E-state index in [0.717, 1.165) is 48.8 Å². The molecular formula is C21H25F2N3O2. The summed E-state index contributed by atoms with van der Waals surface area (Å²) in [5.41, 5.74) is 2.40. The van der Waals surface area contributed by atoms with E-state index in [9.17, 15) is 13.6 Å². The van der Waals surface area contributed by atoms with Crippen LogP contribution >= 0.6 is 0 Å². The second kappa shape index (κ2) is 9.61. The average molecular weight is 389 g/mol. The number of ether oxygens (including phenoxy) is 1. The normalized spacial score (nSPS) is 15.4. The fourth-order valence-electron chi connectivity index (χ4n) is 3.40. The maximum absolute atomic E-state index is 13.3. The summed E-state index contributed by atoms with van der Waals surface area (Å²) in [6, 6.07) is 11.4. The van der Waals surface area contributed by atoms with Crippen LogP contribution in [-0.2, 0) is 17.9 Å². The smallest absolute Gasteiger partial charge is 0.319 e. The second-order valence-corrected chi connectivity index (χ2v) is 6.99. The molecule has 2 N–H and O–H groups in total. The highest BCUT2D eigenvalue weighted by Crippen LogP contribution is 2.18. The number of benzene rings is 2. The Balaban J connectivity index is 1.46. The van der Waals surface area contributed by atoms with Crippen molar-refractivity contribution in [3.05, 3.63) is 65.2 Å². The van der Waals surface area contributed by atoms with Gasteiger partial charge in [0.2, 0.25) is 0 Å². The molecular weight excluding hydrogens is 364 g/mol. The molecule has 1 aliphatic rings. The zero-order valence-corrected chi connectivity index (χ0v) is 15.9. The van der Waals surface area contributed by atoms with Gasteiger partial charge >= 0.3 is 6.03 Å². The van der Waals surface area contributed by atoms with Gasteiger partial charge in [0.25, 0.3) is 0 Å². The Morgan fingerprint density at radius 2 is 1.89 bits per heavy atom. The minimum atomic E-state index is -0.829. The Kier molecular flexibility index (Phi) is 6.95. The number of urea groups is 1. The molecule has 0 spiro atoms. The van der Waals surface area contributed by atoms with Crippen LogP contribution < -0.4 is 10.6 Å². The first kappa shape index (κ1) is 20.2. The summed E-state index contributed by atoms with van der Waals surface area (Å²) >= 11 is 0. The van der Waals surface area contributed by atoms with Crippen molar-refractivity contribution in [2.45, 2.75) is 32.0 Å². The van der Waals surface area contributed by atoms with E-state index in [4.69, 9.17) is 4.74 Å². The zero-order valence-electron chi connectivity index (χ0n) is 15.9. The van der Waals surface area contributed by atoms with E-state index in [-0.39, 0.29) is 12.1 Å². The molecule has 0 bridgehead atoms. The molecule has 2 aromatic carbocycles. The Hall–Kier alpha value is -2.51. The molecule has 0 saturated carbocycles. The maximum Gasteiger partial charge on any atom is 0.319 e. The molecule has 0 aliphatic carbocycles. The largest absolute Gasteiger partial charge is 0.380 e. The van der Waals surface area contributed by atoms with Gasteiger partial charge in [0.1, 0.15) is 0 Å². The highest BCUT2D eigenvalue weighted by atomic mass is 19.2. The van der Waals surface area contributed by atoms with Crippen molar-refractivity contribution in [2.75, 3.05) is 25.5 Å². The summed E-state index contributed by atoms with van der Waals surface area (Å²) in [4.78, 5) is 14.5. The molecule has 0 radical (unpaired) electrons. The van der Waals surface area contributed by atoms with E-state index in [2.05, 4.69) is 15.5 Å². The first-order chi connectivity index (χ1) is 13.5. The SMILES string of the molecule is COCc1ccccc1NC(=O)NC1CCN(Cc2ccc(F)c(F)c2)CC1. The van der Waals surface area contributed by atoms with E-state index in [0.29, 0.717) is 13.2 Å². The van der Waals surface area contributed by atoms with Gasteiger partial charge in [-0.3, -0.25) is 4.90 Å². The highest BCUT2D eigenvalue weighted by Gasteiger charge is 2.21. The molecule has 150 valence electrons. The van der Waals surface area contributed by atoms with Crippen LogP contribution in [0.25, 0.3) is 0 Å². The van der Waals surface area contributed by atoms with Crippen molar-refractivity contribution in [3.63, 3.8) is 0 Å². The molecule has 1 heterocycles. The predicted molar refractivity (Wildman–Crippen MR) is 104 cm³/mol. The molecule has 1 saturated heterocycles. The number of carbonyl (C=O) groups is 1. The lowest BCUT2D eigenvalue weighted by Gasteiger charge is -2.32. The van der Waals surface area contributed by atoms with Gasteiger partial charge in [-0.05, 0) is 36.6 Å². The second-order valence-electron chi connectivity index (χ2n) is 6.99. The molecule has 5 nitrogen and oxygen atoms in total. The number of carbonyl (C=O) groups excluding carboxylic acids is 1. The molecule has 1 aliphatic heterocycles. The van der Waals surface area contributed by atoms with Crippen molar-refractivity contribution < 1.29 is 18.3 Å². The van der Waals surface area contributed by atoms with Crippen LogP contribution in [0.3, 0.4) is 0 Å². The topological polar surface area (TPSA) is 53.6 Å². The third kappa shape index (κ3) is 5.50. The van der Waals surface area contributed by atoms with E-state index in [1.54, 1.807) is 13.2 Å². The summed E-state index contributed by atoms with van der Waals surface area (Å²) < 4.78 is 31.5. The fourth-order valence-corrected chi connectivity index (χ4v) is 3.40. The lowest BCUT2D eigenvalue weighted by molar-refractivity contribution is 0.185. The Labute approximate surface area is 163 Å². The monoisotopic (exact) mass is 389 g/mol. The van der Waals surface area contributed by atoms with Crippen molar-refractivity contribution in [2.24, 2.45) is 0 Å². The van der Waals surface area contributed by atoms with Crippen LogP contribution in [0, 0.1) is 11.6 Å². The third-order valence-electron chi connectivity index (χ3n) is 4.88. The van der Waals surface area contributed by atoms with Crippen molar-refractivity contribution in [3.8, 4) is 0 Å². The number of hydrogen-bond donors (Lipinski definition) is 2. The van der Waals surface area contributed by atoms with Crippen molar-refractivity contribution in [1.29, 1.82) is 0 Å². The van der Waals surface area contributed by atoms with Gasteiger partial charge in [-0.2, -0.15) is 0 Å². The minimum Gasteiger partial charge on any atom is -0.380 e. The number of hydrogen-bond acceptors (Lipinski definition) is 3. The number of likely N-dealkylation sites (tertiary alicyclic amines) is 1. The third-order valence-corrected chi connectivity index (χ3v) is 4.88. The average Bonchev–Trinajstić information content (AvgIpc) is 2.68. The van der Waals surface area contributed by atoms with Crippen molar-refractivity contribution in [1.82, 2.24) is 10.2 Å². The molecule has 0 unspecified atom stereocenters. The van der Waals surface area contributed by atoms with E-state index >= 15 is 0 Å². The Bertz CT molecular complexity index is 808. The van der Waals surface area contributed by atoms with Gasteiger partial charge < -0.3 is 15.4 Å². The lowest BCUT2D eigenvalue weighted by atomic mass is 10.0. The number of halogens is 2. The first-order valence-electron chi connectivity index (χ1n) is 9.36. The van der Waals surface area contributed by atoms with Crippen LogP contribution in [0.1, 0.15) is 24.0 Å². The number of amides is 2. The lowest BCUT2D eigenvalue weighted by Crippen LogP contribution is -2.45. The summed E-state index contributed by atoms with van der Waals surface area (Å²) in [5.74, 6) is -1.65. The number of anilines is 1. The van der Waals surface area contributed by atoms with Crippen LogP contribution in [-0.4, -0.2) is 37.2 Å². The Morgan fingerprint density at radius 1 is 1.14 bits per heavy atom. The summed E-state index contributed by atoms with van der Waals surface area (Å²) in [6.07, 6.45) is 1.60. The summed E-state index contributed by atoms with van der Waals surface area (Å²) in [7, 11) is 1.62. The van der Waals surface area contributed by atoms with Crippen LogP contribution in [0.4, 0.5) is 19.3 Å². The summed E-state index contributed by atoms with van der Waals surface area (Å²) in [5, 5.41) is 5.89. The maximum atomic E-state index is 13.3. The van der Waals surface area contributed by atoms with E-state index in [1.807, 2.05) is 24.3 Å². The summed E-state index contributed by atoms with van der Waals surface area (Å²) in [6.45, 7) is 2.56. The number of rotatable bonds is 6. The number of para-hydroxylation sites is 1. The number of nitrogens with zero attached hydrogens (tertiary/aromatic N) is 1. The van der Waals surface area contributed by atoms with Crippen LogP contribution in [0.15, 0.2) is 42.5 Å². The predicted octanol–water partition coefficient (Wildman–Crippen LogP) is 3.90. The molecule has 2 aromatic rings. The van der Waals surface area contributed by atoms with Gasteiger partial charge in [-0.15, -0.1) is 0 Å². The van der Waals surface area contributed by atoms with Gasteiger partial charge in [0.15, 0.2) is 11.6 Å². The zero-order chi connectivity index (χ0) is 19.9. The Morgan fingerprint density at radius 3 is 2.61 bits per heavy atom. The molecule has 0 atom stereocenters. The van der Waals surface area contributed by atoms with Gasteiger partial charge in [-0.25, -0.2) is 13.6 Å². The molecule has 2 amide bonds. The highest BCUT2D eigenvalue weighted by molar-refractivity contribution is 5.90. The van der Waals surface area contributed by atoms with Crippen molar-refractivity contribution >= 4 is 11.7 Å². The molecule has 3 rings (SSSR count). The standard InChI is InChI=1S/C21H25F2N3O2/c1-28-14-16-4-2-3-5-20(16)25-21(27)24-17-8-10-26(11-9-17)13-15-6-7-18(22)19(23)12-15/h2-7,12,17H,8-11,13-14H2,1H3,(H2,24,25,27). The van der Waals surface area contributed by atoms with Gasteiger partial charge in [0.05, 0.1) is 6.61 Å². The number of piperidine rings is 1. The number of methoxy groups -OCH3 is 1. The van der Waals surface area contributed by atoms with E-state index < -0.39 is 11.6 Å². The molecule has 28 heavy (non-hydrogen) atoms. The fraction of sp³-hybridized carbons (Fsp3) is 0.381. The molecule has 7 heteroatoms. The van der Waals surface area contributed by atoms with E-state index in [1.165, 1.54) is 6.07 Å². The quantitative estimate of drug-likeness (QED) is 0.788. The number of nitrogens with one attached hydrogen (secondary N) is 2. The molecule has 1 fully saturated rings. The first-order valence-corrected chi connectivity index (χ1v) is 9.36. The minimum absolute atomic E-state index is 0.0794. The van der Waals surface area contributed by atoms with Crippen LogP contribution in [0.2, 0.25) is 0 Å². The molecule has 0 aromatic heterocycles. The van der Waals surface area contributed by atoms with Gasteiger partial charge in [-0.1, -0.05) is 24.3 Å².